The molecule has 0 aliphatic carbocycles. The van der Waals surface area contributed by atoms with Gasteiger partial charge in [0.1, 0.15) is 12.7 Å². The second-order valence-electron chi connectivity index (χ2n) is 13.7. The van der Waals surface area contributed by atoms with E-state index in [0.717, 1.165) is 89.9 Å². The quantitative estimate of drug-likeness (QED) is 0.0240. The molecular weight excluding hydrogens is 695 g/mol. The van der Waals surface area contributed by atoms with E-state index in [4.69, 9.17) is 19.1 Å². The Morgan fingerprint density at radius 2 is 1.00 bits per heavy atom. The van der Waals surface area contributed by atoms with Gasteiger partial charge in [-0.3, -0.25) is 18.6 Å². The molecule has 0 saturated carbocycles. The van der Waals surface area contributed by atoms with Crippen molar-refractivity contribution in [3.8, 4) is 0 Å². The lowest BCUT2D eigenvalue weighted by atomic mass is 10.1. The van der Waals surface area contributed by atoms with Gasteiger partial charge in [0.2, 0.25) is 0 Å². The zero-order chi connectivity index (χ0) is 39.1. The molecule has 3 unspecified atom stereocenters. The van der Waals surface area contributed by atoms with Crippen LogP contribution in [0.5, 0.6) is 0 Å². The van der Waals surface area contributed by atoms with Gasteiger partial charge in [-0.05, 0) is 70.6 Å². The summed E-state index contributed by atoms with van der Waals surface area (Å²) in [5.41, 5.74) is 0. The van der Waals surface area contributed by atoms with Crippen LogP contribution in [0.1, 0.15) is 168 Å². The third kappa shape index (κ3) is 38.0. The number of hydrogen-bond acceptors (Lipinski definition) is 9. The van der Waals surface area contributed by atoms with E-state index in [1.54, 1.807) is 0 Å². The fourth-order valence-electron chi connectivity index (χ4n) is 5.21. The van der Waals surface area contributed by atoms with E-state index in [9.17, 15) is 24.2 Å². The minimum atomic E-state index is -4.62. The molecule has 3 N–H and O–H groups in total. The van der Waals surface area contributed by atoms with Gasteiger partial charge in [-0.2, -0.15) is 0 Å². The van der Waals surface area contributed by atoms with E-state index in [-0.39, 0.29) is 19.4 Å². The molecule has 3 atom stereocenters. The van der Waals surface area contributed by atoms with Gasteiger partial charge >= 0.3 is 19.8 Å². The predicted octanol–water partition coefficient (Wildman–Crippen LogP) is 10.6. The highest BCUT2D eigenvalue weighted by Gasteiger charge is 2.27. The SMILES string of the molecule is CCCC/C=C\CCCCCCCC(=O)OCC(COP(=O)(O)OCC(O)CO)OC(=O)CCCCCCCC/C=C\C/C=C\C/C=C\CCCCC. The molecule has 0 fully saturated rings. The van der Waals surface area contributed by atoms with Gasteiger partial charge in [-0.1, -0.05) is 133 Å². The van der Waals surface area contributed by atoms with Crippen molar-refractivity contribution < 1.29 is 47.8 Å². The first-order valence-electron chi connectivity index (χ1n) is 20.6. The summed E-state index contributed by atoms with van der Waals surface area (Å²) >= 11 is 0. The third-order valence-electron chi connectivity index (χ3n) is 8.46. The third-order valence-corrected chi connectivity index (χ3v) is 9.41. The normalized spacial score (nSPS) is 14.4. The number of rotatable bonds is 38. The predicted molar refractivity (Wildman–Crippen MR) is 214 cm³/mol. The van der Waals surface area contributed by atoms with Gasteiger partial charge in [-0.25, -0.2) is 4.57 Å². The first-order valence-corrected chi connectivity index (χ1v) is 22.1. The van der Waals surface area contributed by atoms with Crippen LogP contribution in [-0.4, -0.2) is 65.7 Å². The van der Waals surface area contributed by atoms with Crippen molar-refractivity contribution in [3.63, 3.8) is 0 Å². The first kappa shape index (κ1) is 50.9. The number of phosphoric ester groups is 1. The average Bonchev–Trinajstić information content (AvgIpc) is 3.14. The first-order chi connectivity index (χ1) is 25.7. The number of esters is 2. The van der Waals surface area contributed by atoms with Crippen LogP contribution in [0.15, 0.2) is 48.6 Å². The summed E-state index contributed by atoms with van der Waals surface area (Å²) in [5, 5.41) is 18.3. The number of unbranched alkanes of at least 4 members (excludes halogenated alkanes) is 16. The number of ether oxygens (including phenoxy) is 2. The molecule has 0 bridgehead atoms. The van der Waals surface area contributed by atoms with Gasteiger partial charge in [0.05, 0.1) is 19.8 Å². The summed E-state index contributed by atoms with van der Waals surface area (Å²) in [7, 11) is -4.62. The molecule has 53 heavy (non-hydrogen) atoms. The molecule has 0 aromatic carbocycles. The second-order valence-corrected chi connectivity index (χ2v) is 15.1. The molecule has 0 rings (SSSR count). The topological polar surface area (TPSA) is 149 Å². The molecule has 308 valence electrons. The Morgan fingerprint density at radius 1 is 0.566 bits per heavy atom. The van der Waals surface area contributed by atoms with Crippen molar-refractivity contribution >= 4 is 19.8 Å². The minimum Gasteiger partial charge on any atom is -0.462 e. The molecule has 0 aromatic heterocycles. The molecule has 0 saturated heterocycles. The summed E-state index contributed by atoms with van der Waals surface area (Å²) in [5.74, 6) is -0.954. The summed E-state index contributed by atoms with van der Waals surface area (Å²) in [4.78, 5) is 34.9. The molecule has 0 aromatic rings. The Kier molecular flexibility index (Phi) is 36.7. The lowest BCUT2D eigenvalue weighted by Crippen LogP contribution is -2.29. The molecule has 0 aliphatic rings. The van der Waals surface area contributed by atoms with Crippen LogP contribution in [-0.2, 0) is 32.7 Å². The van der Waals surface area contributed by atoms with Crippen LogP contribution in [0, 0.1) is 0 Å². The molecule has 10 nitrogen and oxygen atoms in total. The molecule has 0 spiro atoms. The van der Waals surface area contributed by atoms with Gasteiger partial charge in [-0.15, -0.1) is 0 Å². The molecular formula is C42H75O10P. The Morgan fingerprint density at radius 3 is 1.55 bits per heavy atom. The van der Waals surface area contributed by atoms with E-state index in [0.29, 0.717) is 12.8 Å². The largest absolute Gasteiger partial charge is 0.472 e. The molecule has 0 heterocycles. The zero-order valence-electron chi connectivity index (χ0n) is 33.2. The number of phosphoric acid groups is 1. The summed E-state index contributed by atoms with van der Waals surface area (Å²) < 4.78 is 32.6. The van der Waals surface area contributed by atoms with E-state index in [1.165, 1.54) is 38.5 Å². The number of carbonyl (C=O) groups is 2. The van der Waals surface area contributed by atoms with Gasteiger partial charge in [0, 0.05) is 12.8 Å². The number of aliphatic hydroxyl groups excluding tert-OH is 2. The van der Waals surface area contributed by atoms with E-state index in [2.05, 4.69) is 67.0 Å². The number of allylic oxidation sites excluding steroid dienone is 8. The van der Waals surface area contributed by atoms with Crippen molar-refractivity contribution in [2.75, 3.05) is 26.4 Å². The number of carbonyl (C=O) groups excluding carboxylic acids is 2. The van der Waals surface area contributed by atoms with E-state index >= 15 is 0 Å². The zero-order valence-corrected chi connectivity index (χ0v) is 34.1. The van der Waals surface area contributed by atoms with Crippen LogP contribution in [0.3, 0.4) is 0 Å². The van der Waals surface area contributed by atoms with Crippen molar-refractivity contribution in [2.45, 2.75) is 180 Å². The Labute approximate surface area is 322 Å². The maximum atomic E-state index is 12.6. The highest BCUT2D eigenvalue weighted by atomic mass is 31.2. The smallest absolute Gasteiger partial charge is 0.462 e. The Hall–Kier alpha value is -2.07. The van der Waals surface area contributed by atoms with Crippen LogP contribution in [0.2, 0.25) is 0 Å². The van der Waals surface area contributed by atoms with Crippen LogP contribution >= 0.6 is 7.82 Å². The van der Waals surface area contributed by atoms with Crippen molar-refractivity contribution in [2.24, 2.45) is 0 Å². The Bertz CT molecular complexity index is 1030. The molecule has 0 radical (unpaired) electrons. The maximum Gasteiger partial charge on any atom is 0.472 e. The van der Waals surface area contributed by atoms with E-state index in [1.807, 2.05) is 0 Å². The van der Waals surface area contributed by atoms with Crippen molar-refractivity contribution in [1.82, 2.24) is 0 Å². The molecule has 0 amide bonds. The summed E-state index contributed by atoms with van der Waals surface area (Å²) in [6.07, 6.45) is 39.3. The van der Waals surface area contributed by atoms with Crippen LogP contribution < -0.4 is 0 Å². The standard InChI is InChI=1S/C42H75O10P/c1-3-5-7-9-11-13-15-16-17-18-19-20-21-22-24-26-28-30-32-34-42(46)52-40(38-51-53(47,48)50-36-39(44)35-43)37-49-41(45)33-31-29-27-25-23-14-12-10-8-6-4-2/h10-13,16-17,19-20,39-40,43-44H,3-9,14-15,18,21-38H2,1-2H3,(H,47,48)/b12-10-,13-11-,17-16-,20-19-. The van der Waals surface area contributed by atoms with Crippen molar-refractivity contribution in [1.29, 1.82) is 0 Å². The molecule has 11 heteroatoms. The van der Waals surface area contributed by atoms with Gasteiger partial charge < -0.3 is 24.6 Å². The number of aliphatic hydroxyl groups is 2. The molecule has 0 aliphatic heterocycles. The maximum absolute atomic E-state index is 12.6. The fraction of sp³-hybridized carbons (Fsp3) is 0.762. The second kappa shape index (κ2) is 38.2. The fourth-order valence-corrected chi connectivity index (χ4v) is 6.00. The highest BCUT2D eigenvalue weighted by molar-refractivity contribution is 7.47. The average molecular weight is 771 g/mol. The van der Waals surface area contributed by atoms with Crippen molar-refractivity contribution in [3.05, 3.63) is 48.6 Å². The van der Waals surface area contributed by atoms with E-state index < -0.39 is 51.8 Å². The Balaban J connectivity index is 4.34. The van der Waals surface area contributed by atoms with Crippen LogP contribution in [0.4, 0.5) is 0 Å². The lowest BCUT2D eigenvalue weighted by Gasteiger charge is -2.20. The summed E-state index contributed by atoms with van der Waals surface area (Å²) in [6.45, 7) is 2.27. The highest BCUT2D eigenvalue weighted by Crippen LogP contribution is 2.43. The number of hydrogen-bond donors (Lipinski definition) is 3. The minimum absolute atomic E-state index is 0.167. The van der Waals surface area contributed by atoms with Gasteiger partial charge in [0.25, 0.3) is 0 Å². The van der Waals surface area contributed by atoms with Crippen LogP contribution in [0.25, 0.3) is 0 Å². The monoisotopic (exact) mass is 771 g/mol. The van der Waals surface area contributed by atoms with Gasteiger partial charge in [0.15, 0.2) is 6.10 Å². The lowest BCUT2D eigenvalue weighted by molar-refractivity contribution is -0.161. The summed E-state index contributed by atoms with van der Waals surface area (Å²) in [6, 6.07) is 0.